The van der Waals surface area contributed by atoms with Crippen molar-refractivity contribution in [2.75, 3.05) is 20.3 Å². The molecule has 0 unspecified atom stereocenters. The van der Waals surface area contributed by atoms with Gasteiger partial charge in [0.2, 0.25) is 0 Å². The van der Waals surface area contributed by atoms with Crippen LogP contribution in [0.3, 0.4) is 0 Å². The summed E-state index contributed by atoms with van der Waals surface area (Å²) in [5.74, 6) is 0. The lowest BCUT2D eigenvalue weighted by Gasteiger charge is -2.16. The second-order valence-corrected chi connectivity index (χ2v) is 5.66. The van der Waals surface area contributed by atoms with Crippen LogP contribution >= 0.6 is 0 Å². The molecule has 0 aliphatic heterocycles. The summed E-state index contributed by atoms with van der Waals surface area (Å²) >= 11 is 0. The van der Waals surface area contributed by atoms with E-state index in [4.69, 9.17) is 4.74 Å². The lowest BCUT2D eigenvalue weighted by atomic mass is 10.0. The van der Waals surface area contributed by atoms with E-state index in [1.807, 2.05) is 49.4 Å². The molecule has 0 saturated carbocycles. The Labute approximate surface area is 136 Å². The highest BCUT2D eigenvalue weighted by Gasteiger charge is 2.11. The Balaban J connectivity index is 1.85. The third-order valence-corrected chi connectivity index (χ3v) is 3.75. The summed E-state index contributed by atoms with van der Waals surface area (Å²) in [6.07, 6.45) is 0.0107. The molecule has 2 aromatic rings. The molecule has 0 fully saturated rings. The number of amides is 2. The van der Waals surface area contributed by atoms with Crippen LogP contribution in [-0.4, -0.2) is 37.4 Å². The van der Waals surface area contributed by atoms with Crippen LogP contribution in [0.1, 0.15) is 25.0 Å². The van der Waals surface area contributed by atoms with E-state index in [1.165, 1.54) is 0 Å². The van der Waals surface area contributed by atoms with Crippen LogP contribution < -0.4 is 10.6 Å². The van der Waals surface area contributed by atoms with E-state index in [0.29, 0.717) is 6.61 Å². The van der Waals surface area contributed by atoms with Crippen LogP contribution in [0.2, 0.25) is 0 Å². The SMILES string of the molecule is COCC[C@H](C)NC(=O)NC[C@H](O)c1ccc2ccccc2c1. The smallest absolute Gasteiger partial charge is 0.315 e. The fourth-order valence-corrected chi connectivity index (χ4v) is 2.36. The number of hydrogen-bond donors (Lipinski definition) is 3. The lowest BCUT2D eigenvalue weighted by Crippen LogP contribution is -2.42. The van der Waals surface area contributed by atoms with E-state index in [0.717, 1.165) is 22.8 Å². The molecule has 0 spiro atoms. The maximum absolute atomic E-state index is 11.8. The fraction of sp³-hybridized carbons (Fsp3) is 0.389. The molecule has 0 radical (unpaired) electrons. The molecule has 0 aliphatic rings. The fourth-order valence-electron chi connectivity index (χ4n) is 2.36. The predicted molar refractivity (Wildman–Crippen MR) is 91.4 cm³/mol. The molecule has 0 aliphatic carbocycles. The van der Waals surface area contributed by atoms with Gasteiger partial charge in [-0.05, 0) is 35.7 Å². The van der Waals surface area contributed by atoms with Crippen LogP contribution in [0.5, 0.6) is 0 Å². The van der Waals surface area contributed by atoms with E-state index in [1.54, 1.807) is 7.11 Å². The monoisotopic (exact) mass is 316 g/mol. The first-order valence-electron chi connectivity index (χ1n) is 7.80. The van der Waals surface area contributed by atoms with Gasteiger partial charge >= 0.3 is 6.03 Å². The predicted octanol–water partition coefficient (Wildman–Crippen LogP) is 2.60. The third kappa shape index (κ3) is 5.23. The Morgan fingerprint density at radius 2 is 1.96 bits per heavy atom. The first kappa shape index (κ1) is 17.2. The van der Waals surface area contributed by atoms with E-state index in [9.17, 15) is 9.90 Å². The van der Waals surface area contributed by atoms with Crippen LogP contribution in [0.15, 0.2) is 42.5 Å². The van der Waals surface area contributed by atoms with Crippen LogP contribution in [-0.2, 0) is 4.74 Å². The van der Waals surface area contributed by atoms with Crippen molar-refractivity contribution >= 4 is 16.8 Å². The van der Waals surface area contributed by atoms with Gasteiger partial charge in [0.25, 0.3) is 0 Å². The molecule has 0 saturated heterocycles. The number of rotatable bonds is 7. The molecule has 2 rings (SSSR count). The molecule has 23 heavy (non-hydrogen) atoms. The molecule has 0 bridgehead atoms. The minimum Gasteiger partial charge on any atom is -0.387 e. The number of benzene rings is 2. The summed E-state index contributed by atoms with van der Waals surface area (Å²) < 4.78 is 4.97. The van der Waals surface area contributed by atoms with Crippen molar-refractivity contribution < 1.29 is 14.6 Å². The van der Waals surface area contributed by atoms with Crippen molar-refractivity contribution in [2.45, 2.75) is 25.5 Å². The molecular weight excluding hydrogens is 292 g/mol. The molecule has 3 N–H and O–H groups in total. The molecule has 124 valence electrons. The Kier molecular flexibility index (Phi) is 6.38. The van der Waals surface area contributed by atoms with Gasteiger partial charge in [-0.2, -0.15) is 0 Å². The summed E-state index contributed by atoms with van der Waals surface area (Å²) in [5, 5.41) is 17.9. The van der Waals surface area contributed by atoms with Crippen molar-refractivity contribution in [1.29, 1.82) is 0 Å². The Morgan fingerprint density at radius 1 is 1.22 bits per heavy atom. The van der Waals surface area contributed by atoms with Gasteiger partial charge in [0.05, 0.1) is 6.10 Å². The van der Waals surface area contributed by atoms with Gasteiger partial charge in [0, 0.05) is 26.3 Å². The van der Waals surface area contributed by atoms with Crippen LogP contribution in [0.25, 0.3) is 10.8 Å². The number of urea groups is 1. The summed E-state index contributed by atoms with van der Waals surface area (Å²) in [5.41, 5.74) is 0.788. The normalized spacial score (nSPS) is 13.5. The Bertz CT molecular complexity index is 645. The zero-order valence-corrected chi connectivity index (χ0v) is 13.6. The van der Waals surface area contributed by atoms with E-state index in [2.05, 4.69) is 10.6 Å². The number of aliphatic hydroxyl groups is 1. The molecule has 5 nitrogen and oxygen atoms in total. The maximum Gasteiger partial charge on any atom is 0.315 e. The van der Waals surface area contributed by atoms with Gasteiger partial charge in [0.15, 0.2) is 0 Å². The van der Waals surface area contributed by atoms with Crippen LogP contribution in [0, 0.1) is 0 Å². The summed E-state index contributed by atoms with van der Waals surface area (Å²) in [7, 11) is 1.63. The van der Waals surface area contributed by atoms with Gasteiger partial charge in [-0.15, -0.1) is 0 Å². The number of fused-ring (bicyclic) bond motifs is 1. The molecule has 2 aromatic carbocycles. The van der Waals surface area contributed by atoms with Crippen molar-refractivity contribution in [3.8, 4) is 0 Å². The highest BCUT2D eigenvalue weighted by Crippen LogP contribution is 2.19. The number of aliphatic hydroxyl groups excluding tert-OH is 1. The van der Waals surface area contributed by atoms with Gasteiger partial charge < -0.3 is 20.5 Å². The van der Waals surface area contributed by atoms with Crippen molar-refractivity contribution in [3.05, 3.63) is 48.0 Å². The third-order valence-electron chi connectivity index (χ3n) is 3.75. The number of carbonyl (C=O) groups excluding carboxylic acids is 1. The van der Waals surface area contributed by atoms with Crippen molar-refractivity contribution in [1.82, 2.24) is 10.6 Å². The van der Waals surface area contributed by atoms with E-state index >= 15 is 0 Å². The lowest BCUT2D eigenvalue weighted by molar-refractivity contribution is 0.170. The first-order valence-corrected chi connectivity index (χ1v) is 7.80. The molecule has 5 heteroatoms. The number of methoxy groups -OCH3 is 1. The molecular formula is C18H24N2O3. The summed E-state index contributed by atoms with van der Waals surface area (Å²) in [6, 6.07) is 13.5. The highest BCUT2D eigenvalue weighted by atomic mass is 16.5. The Morgan fingerprint density at radius 3 is 2.70 bits per heavy atom. The number of nitrogens with one attached hydrogen (secondary N) is 2. The zero-order chi connectivity index (χ0) is 16.7. The second-order valence-electron chi connectivity index (χ2n) is 5.66. The van der Waals surface area contributed by atoms with Crippen molar-refractivity contribution in [2.24, 2.45) is 0 Å². The van der Waals surface area contributed by atoms with Gasteiger partial charge in [-0.25, -0.2) is 4.79 Å². The average Bonchev–Trinajstić information content (AvgIpc) is 2.57. The van der Waals surface area contributed by atoms with Gasteiger partial charge in [0.1, 0.15) is 0 Å². The highest BCUT2D eigenvalue weighted by molar-refractivity contribution is 5.83. The van der Waals surface area contributed by atoms with E-state index in [-0.39, 0.29) is 18.6 Å². The minimum atomic E-state index is -0.736. The molecule has 0 aromatic heterocycles. The van der Waals surface area contributed by atoms with Crippen molar-refractivity contribution in [3.63, 3.8) is 0 Å². The number of hydrogen-bond acceptors (Lipinski definition) is 3. The topological polar surface area (TPSA) is 70.6 Å². The largest absolute Gasteiger partial charge is 0.387 e. The van der Waals surface area contributed by atoms with E-state index < -0.39 is 6.10 Å². The van der Waals surface area contributed by atoms with Gasteiger partial charge in [-0.1, -0.05) is 36.4 Å². The molecule has 2 amide bonds. The van der Waals surface area contributed by atoms with Crippen LogP contribution in [0.4, 0.5) is 4.79 Å². The second kappa shape index (κ2) is 8.50. The summed E-state index contributed by atoms with van der Waals surface area (Å²) in [4.78, 5) is 11.8. The number of ether oxygens (including phenoxy) is 1. The molecule has 2 atom stereocenters. The number of carbonyl (C=O) groups is 1. The minimum absolute atomic E-state index is 0.0211. The zero-order valence-electron chi connectivity index (χ0n) is 13.6. The Hall–Kier alpha value is -2.11. The molecule has 0 heterocycles. The quantitative estimate of drug-likeness (QED) is 0.735. The standard InChI is InChI=1S/C18H24N2O3/c1-13(9-10-23-2)20-18(22)19-12-17(21)16-8-7-14-5-3-4-6-15(14)11-16/h3-8,11,13,17,21H,9-10,12H2,1-2H3,(H2,19,20,22)/t13-,17-/m0/s1. The summed E-state index contributed by atoms with van der Waals surface area (Å²) in [6.45, 7) is 2.68. The average molecular weight is 316 g/mol. The maximum atomic E-state index is 11.8. The van der Waals surface area contributed by atoms with Gasteiger partial charge in [-0.3, -0.25) is 0 Å². The first-order chi connectivity index (χ1) is 11.1.